The van der Waals surface area contributed by atoms with E-state index in [-0.39, 0.29) is 42.4 Å². The molecule has 0 aliphatic carbocycles. The minimum atomic E-state index is -5.70. The molecule has 218 valence electrons. The first-order chi connectivity index (χ1) is 18.7. The Morgan fingerprint density at radius 2 is 1.62 bits per heavy atom. The molecule has 2 aliphatic rings. The Morgan fingerprint density at radius 1 is 0.975 bits per heavy atom. The van der Waals surface area contributed by atoms with Gasteiger partial charge >= 0.3 is 18.4 Å². The molecule has 0 saturated carbocycles. The number of imide groups is 1. The molecule has 4 rings (SSSR count). The molecule has 12 heteroatoms. The van der Waals surface area contributed by atoms with Gasteiger partial charge in [0.05, 0.1) is 13.2 Å². The maximum atomic E-state index is 13.7. The van der Waals surface area contributed by atoms with Crippen molar-refractivity contribution in [3.05, 3.63) is 64.7 Å². The Kier molecular flexibility index (Phi) is 7.87. The van der Waals surface area contributed by atoms with Crippen LogP contribution < -0.4 is 4.74 Å². The highest BCUT2D eigenvalue weighted by molar-refractivity contribution is 6.07. The van der Waals surface area contributed by atoms with Gasteiger partial charge in [-0.15, -0.1) is 0 Å². The van der Waals surface area contributed by atoms with Gasteiger partial charge in [0.2, 0.25) is 0 Å². The van der Waals surface area contributed by atoms with E-state index in [9.17, 15) is 35.9 Å². The quantitative estimate of drug-likeness (QED) is 0.197. The van der Waals surface area contributed by atoms with Crippen LogP contribution >= 0.6 is 0 Å². The molecule has 0 N–H and O–H groups in total. The monoisotopic (exact) mass is 572 g/mol. The number of amides is 3. The average molecular weight is 573 g/mol. The van der Waals surface area contributed by atoms with Crippen molar-refractivity contribution in [2.75, 3.05) is 20.2 Å². The highest BCUT2D eigenvalue weighted by Crippen LogP contribution is 2.58. The predicted octanol–water partition coefficient (Wildman–Crippen LogP) is 6.46. The normalized spacial score (nSPS) is 20.8. The van der Waals surface area contributed by atoms with Crippen LogP contribution in [0.15, 0.2) is 42.5 Å². The largest absolute Gasteiger partial charge is 0.493 e. The van der Waals surface area contributed by atoms with Crippen molar-refractivity contribution >= 4 is 11.9 Å². The number of urea groups is 1. The number of halogens is 6. The number of nitrogens with zero attached hydrogens (tertiary/aromatic N) is 2. The summed E-state index contributed by atoms with van der Waals surface area (Å²) in [7, 11) is 1.56. The van der Waals surface area contributed by atoms with Crippen LogP contribution in [0.25, 0.3) is 0 Å². The van der Waals surface area contributed by atoms with Crippen LogP contribution in [0.3, 0.4) is 0 Å². The molecule has 1 fully saturated rings. The molecular formula is C28H30F6N2O4. The third kappa shape index (κ3) is 4.59. The van der Waals surface area contributed by atoms with Gasteiger partial charge in [-0.2, -0.15) is 26.3 Å². The van der Waals surface area contributed by atoms with E-state index in [4.69, 9.17) is 4.74 Å². The number of carbonyl (C=O) groups is 2. The van der Waals surface area contributed by atoms with E-state index in [1.807, 2.05) is 6.07 Å². The Labute approximate surface area is 227 Å². The Balaban J connectivity index is 1.44. The van der Waals surface area contributed by atoms with Crippen molar-refractivity contribution in [1.29, 1.82) is 0 Å². The summed E-state index contributed by atoms with van der Waals surface area (Å²) in [4.78, 5) is 28.6. The molecule has 0 aromatic heterocycles. The standard InChI is InChI=1S/C28H30F6N2O4/c1-4-10-19-20-17-40-26(27(29,30)31,28(32,33)34)21(20)13-14-22(19)39-16-9-8-15-36-23(37)25(2,35(3)24(36)38)18-11-6-5-7-12-18/h5-7,11-14H,4,8-10,15-17H2,1-3H3. The predicted molar refractivity (Wildman–Crippen MR) is 132 cm³/mol. The highest BCUT2D eigenvalue weighted by atomic mass is 19.4. The smallest absolute Gasteiger partial charge is 0.430 e. The molecule has 40 heavy (non-hydrogen) atoms. The molecule has 0 radical (unpaired) electrons. The summed E-state index contributed by atoms with van der Waals surface area (Å²) in [5, 5.41) is 0. The van der Waals surface area contributed by atoms with Gasteiger partial charge in [-0.1, -0.05) is 49.7 Å². The van der Waals surface area contributed by atoms with Gasteiger partial charge < -0.3 is 14.4 Å². The summed E-state index contributed by atoms with van der Waals surface area (Å²) in [6.45, 7) is 2.82. The lowest BCUT2D eigenvalue weighted by molar-refractivity contribution is -0.385. The first-order valence-corrected chi connectivity index (χ1v) is 12.9. The van der Waals surface area contributed by atoms with Gasteiger partial charge in [-0.25, -0.2) is 4.79 Å². The van der Waals surface area contributed by atoms with Crippen LogP contribution in [0.1, 0.15) is 55.4 Å². The van der Waals surface area contributed by atoms with E-state index < -0.39 is 41.7 Å². The van der Waals surface area contributed by atoms with Crippen LogP contribution in [0.2, 0.25) is 0 Å². The van der Waals surface area contributed by atoms with Gasteiger partial charge in [0.15, 0.2) is 0 Å². The zero-order valence-corrected chi connectivity index (χ0v) is 22.3. The second-order valence-electron chi connectivity index (χ2n) is 10.1. The fraction of sp³-hybridized carbons (Fsp3) is 0.500. The molecule has 1 saturated heterocycles. The molecule has 3 amide bonds. The molecule has 0 bridgehead atoms. The van der Waals surface area contributed by atoms with E-state index in [0.29, 0.717) is 24.8 Å². The number of unbranched alkanes of at least 4 members (excludes halogenated alkanes) is 1. The minimum Gasteiger partial charge on any atom is -0.493 e. The van der Waals surface area contributed by atoms with Crippen LogP contribution in [-0.4, -0.2) is 54.3 Å². The van der Waals surface area contributed by atoms with E-state index in [1.165, 1.54) is 9.80 Å². The van der Waals surface area contributed by atoms with Crippen LogP contribution in [0.5, 0.6) is 5.75 Å². The molecular weight excluding hydrogens is 542 g/mol. The number of likely N-dealkylation sites (N-methyl/N-ethyl adjacent to an activating group) is 1. The zero-order valence-electron chi connectivity index (χ0n) is 22.3. The maximum Gasteiger partial charge on any atom is 0.430 e. The van der Waals surface area contributed by atoms with E-state index in [2.05, 4.69) is 4.74 Å². The van der Waals surface area contributed by atoms with E-state index >= 15 is 0 Å². The molecule has 2 heterocycles. The van der Waals surface area contributed by atoms with Gasteiger partial charge in [0, 0.05) is 24.7 Å². The van der Waals surface area contributed by atoms with E-state index in [0.717, 1.165) is 12.1 Å². The lowest BCUT2D eigenvalue weighted by Crippen LogP contribution is -2.53. The number of alkyl halides is 6. The fourth-order valence-electron chi connectivity index (χ4n) is 5.41. The first-order valence-electron chi connectivity index (χ1n) is 12.9. The summed E-state index contributed by atoms with van der Waals surface area (Å²) in [5.41, 5.74) is -5.71. The molecule has 1 atom stereocenters. The van der Waals surface area contributed by atoms with Crippen LogP contribution in [-0.2, 0) is 33.7 Å². The Bertz CT molecular complexity index is 1250. The molecule has 1 unspecified atom stereocenters. The Hall–Kier alpha value is -3.28. The number of benzene rings is 2. The number of ether oxygens (including phenoxy) is 2. The molecule has 0 spiro atoms. The number of fused-ring (bicyclic) bond motifs is 1. The number of hydrogen-bond donors (Lipinski definition) is 0. The number of carbonyl (C=O) groups excluding carboxylic acids is 2. The van der Waals surface area contributed by atoms with Crippen molar-refractivity contribution in [2.45, 2.75) is 69.6 Å². The van der Waals surface area contributed by atoms with Crippen LogP contribution in [0, 0.1) is 0 Å². The van der Waals surface area contributed by atoms with Gasteiger partial charge in [-0.3, -0.25) is 9.69 Å². The van der Waals surface area contributed by atoms with Crippen molar-refractivity contribution in [1.82, 2.24) is 9.80 Å². The summed E-state index contributed by atoms with van der Waals surface area (Å²) in [6, 6.07) is 10.4. The second-order valence-corrected chi connectivity index (χ2v) is 10.1. The van der Waals surface area contributed by atoms with Crippen molar-refractivity contribution < 1.29 is 45.4 Å². The second kappa shape index (κ2) is 10.6. The van der Waals surface area contributed by atoms with Crippen molar-refractivity contribution in [3.8, 4) is 5.75 Å². The highest BCUT2D eigenvalue weighted by Gasteiger charge is 2.75. The van der Waals surface area contributed by atoms with Gasteiger partial charge in [-0.05, 0) is 43.4 Å². The molecule has 2 aromatic carbocycles. The number of rotatable bonds is 9. The van der Waals surface area contributed by atoms with Crippen LogP contribution in [0.4, 0.5) is 31.1 Å². The summed E-state index contributed by atoms with van der Waals surface area (Å²) >= 11 is 0. The van der Waals surface area contributed by atoms with Crippen molar-refractivity contribution in [2.24, 2.45) is 0 Å². The van der Waals surface area contributed by atoms with Gasteiger partial charge in [0.25, 0.3) is 11.5 Å². The Morgan fingerprint density at radius 3 is 2.23 bits per heavy atom. The maximum absolute atomic E-state index is 13.7. The van der Waals surface area contributed by atoms with Crippen molar-refractivity contribution in [3.63, 3.8) is 0 Å². The van der Waals surface area contributed by atoms with E-state index in [1.54, 1.807) is 45.2 Å². The SMILES string of the molecule is CCCc1c(OCCCCN2C(=O)N(C)C(C)(c3ccccc3)C2=O)ccc2c1COC2(C(F)(F)F)C(F)(F)F. The average Bonchev–Trinajstić information content (AvgIpc) is 3.38. The summed E-state index contributed by atoms with van der Waals surface area (Å²) < 4.78 is 92.6. The number of hydrogen-bond acceptors (Lipinski definition) is 4. The lowest BCUT2D eigenvalue weighted by atomic mass is 9.87. The third-order valence-corrected chi connectivity index (χ3v) is 7.72. The molecule has 6 nitrogen and oxygen atoms in total. The molecule has 2 aliphatic heterocycles. The topological polar surface area (TPSA) is 59.1 Å². The zero-order chi connectivity index (χ0) is 29.5. The summed E-state index contributed by atoms with van der Waals surface area (Å²) in [5.74, 6) is -0.164. The van der Waals surface area contributed by atoms with Gasteiger partial charge in [0.1, 0.15) is 11.3 Å². The first kappa shape index (κ1) is 29.7. The fourth-order valence-corrected chi connectivity index (χ4v) is 5.41. The minimum absolute atomic E-state index is 0.0854. The lowest BCUT2D eigenvalue weighted by Gasteiger charge is -2.33. The molecule has 2 aromatic rings. The third-order valence-electron chi connectivity index (χ3n) is 7.72. The summed E-state index contributed by atoms with van der Waals surface area (Å²) in [6.07, 6.45) is -9.95.